The van der Waals surface area contributed by atoms with Gasteiger partial charge >= 0.3 is 12.1 Å². The van der Waals surface area contributed by atoms with Crippen molar-refractivity contribution in [3.63, 3.8) is 0 Å². The van der Waals surface area contributed by atoms with Gasteiger partial charge in [0.05, 0.1) is 5.52 Å². The first-order valence-electron chi connectivity index (χ1n) is 11.6. The fourth-order valence-electron chi connectivity index (χ4n) is 4.23. The van der Waals surface area contributed by atoms with Crippen LogP contribution in [0, 0.1) is 5.82 Å². The fourth-order valence-corrected chi connectivity index (χ4v) is 4.39. The van der Waals surface area contributed by atoms with Gasteiger partial charge in [-0.1, -0.05) is 17.7 Å². The molecule has 0 aliphatic carbocycles. The highest BCUT2D eigenvalue weighted by Gasteiger charge is 2.46. The normalized spacial score (nSPS) is 22.0. The van der Waals surface area contributed by atoms with Crippen molar-refractivity contribution in [2.75, 3.05) is 13.1 Å². The number of H-pyrrole nitrogens is 1. The van der Waals surface area contributed by atoms with Gasteiger partial charge < -0.3 is 20.2 Å². The molecule has 1 fully saturated rings. The maximum absolute atomic E-state index is 14.6. The maximum atomic E-state index is 14.6. The van der Waals surface area contributed by atoms with E-state index in [9.17, 15) is 31.5 Å². The molecule has 39 heavy (non-hydrogen) atoms. The molecule has 15 heteroatoms. The number of carbonyl (C=O) groups excluding carboxylic acids is 2. The van der Waals surface area contributed by atoms with E-state index >= 15 is 0 Å². The molecule has 0 saturated carbocycles. The lowest BCUT2D eigenvalue weighted by atomic mass is 10.0. The molecule has 3 atom stereocenters. The van der Waals surface area contributed by atoms with E-state index in [2.05, 4.69) is 25.7 Å². The number of ether oxygens (including phenoxy) is 1. The Labute approximate surface area is 221 Å². The highest BCUT2D eigenvalue weighted by Crippen LogP contribution is 2.34. The van der Waals surface area contributed by atoms with Crippen molar-refractivity contribution in [3.05, 3.63) is 59.0 Å². The topological polar surface area (TPSA) is 109 Å². The summed E-state index contributed by atoms with van der Waals surface area (Å²) in [5.41, 5.74) is 0.401. The van der Waals surface area contributed by atoms with Gasteiger partial charge in [-0.25, -0.2) is 13.6 Å². The number of nitrogens with zero attached hydrogens (tertiary/aromatic N) is 2. The van der Waals surface area contributed by atoms with Gasteiger partial charge in [-0.05, 0) is 48.9 Å². The average Bonchev–Trinajstić information content (AvgIpc) is 3.29. The number of aromatic amines is 1. The molecule has 3 heterocycles. The van der Waals surface area contributed by atoms with E-state index in [1.165, 1.54) is 18.2 Å². The molecule has 206 valence electrons. The smallest absolute Gasteiger partial charge is 0.330 e. The summed E-state index contributed by atoms with van der Waals surface area (Å²) in [5.74, 6) is -4.07. The Morgan fingerprint density at radius 1 is 1.18 bits per heavy atom. The second-order valence-corrected chi connectivity index (χ2v) is 9.17. The molecule has 3 N–H and O–H groups in total. The molecule has 0 bridgehead atoms. The third-order valence-corrected chi connectivity index (χ3v) is 6.33. The van der Waals surface area contributed by atoms with Crippen LogP contribution in [-0.4, -0.2) is 65.0 Å². The summed E-state index contributed by atoms with van der Waals surface area (Å²) in [4.78, 5) is 29.0. The summed E-state index contributed by atoms with van der Waals surface area (Å²) in [5, 5.41) is 12.7. The first-order valence-corrected chi connectivity index (χ1v) is 11.9. The standard InChI is InChI=1S/C24H19ClF5N5O4/c25-12-2-3-13(16(27)8-12)11-1-4-17-14(7-11)21(34-33-17)18-9-20(36)32-23(35(18)39-22(37)24(28,29)30)38-19-10-31-6-5-15(19)26/h1-4,7-9,15,19,23,31H,5-6,10H2,(H,32,36)(H,33,34). The lowest BCUT2D eigenvalue weighted by Gasteiger charge is -2.38. The van der Waals surface area contributed by atoms with E-state index in [1.807, 2.05) is 0 Å². The molecule has 3 aromatic rings. The van der Waals surface area contributed by atoms with Crippen LogP contribution in [0.5, 0.6) is 0 Å². The quantitative estimate of drug-likeness (QED) is 0.400. The Bertz CT molecular complexity index is 1460. The van der Waals surface area contributed by atoms with Crippen molar-refractivity contribution in [3.8, 4) is 11.1 Å². The summed E-state index contributed by atoms with van der Waals surface area (Å²) in [6.45, 7) is 0.348. The monoisotopic (exact) mass is 571 g/mol. The number of hydrogen-bond acceptors (Lipinski definition) is 7. The molecule has 1 aromatic heterocycles. The molecule has 9 nitrogen and oxygen atoms in total. The van der Waals surface area contributed by atoms with Crippen molar-refractivity contribution in [2.45, 2.75) is 31.2 Å². The molecule has 3 unspecified atom stereocenters. The Morgan fingerprint density at radius 3 is 2.69 bits per heavy atom. The Hall–Kier alpha value is -3.75. The minimum Gasteiger partial charge on any atom is -0.330 e. The van der Waals surface area contributed by atoms with Crippen LogP contribution in [0.25, 0.3) is 27.7 Å². The Morgan fingerprint density at radius 2 is 1.97 bits per heavy atom. The zero-order valence-corrected chi connectivity index (χ0v) is 20.4. The summed E-state index contributed by atoms with van der Waals surface area (Å²) in [6.07, 6.45) is -8.99. The van der Waals surface area contributed by atoms with Crippen LogP contribution in [0.4, 0.5) is 22.0 Å². The van der Waals surface area contributed by atoms with Crippen LogP contribution < -0.4 is 10.6 Å². The highest BCUT2D eigenvalue weighted by atomic mass is 35.5. The third-order valence-electron chi connectivity index (χ3n) is 6.09. The van der Waals surface area contributed by atoms with Crippen molar-refractivity contribution < 1.29 is 41.1 Å². The predicted octanol–water partition coefficient (Wildman–Crippen LogP) is 3.82. The third kappa shape index (κ3) is 5.53. The van der Waals surface area contributed by atoms with Crippen molar-refractivity contribution in [1.82, 2.24) is 25.9 Å². The number of benzene rings is 2. The summed E-state index contributed by atoms with van der Waals surface area (Å²) in [6, 6.07) is 8.63. The number of nitrogens with one attached hydrogen (secondary N) is 3. The number of piperidine rings is 1. The molecule has 2 aliphatic heterocycles. The molecule has 5 rings (SSSR count). The molecule has 0 spiro atoms. The van der Waals surface area contributed by atoms with Gasteiger partial charge in [-0.15, -0.1) is 0 Å². The van der Waals surface area contributed by atoms with Gasteiger partial charge in [-0.3, -0.25) is 9.89 Å². The number of hydroxylamine groups is 2. The molecule has 1 saturated heterocycles. The number of rotatable bonds is 5. The Kier molecular flexibility index (Phi) is 7.18. The molecular formula is C24H19ClF5N5O4. The van der Waals surface area contributed by atoms with E-state index in [0.29, 0.717) is 22.7 Å². The van der Waals surface area contributed by atoms with Gasteiger partial charge in [0.15, 0.2) is 0 Å². The summed E-state index contributed by atoms with van der Waals surface area (Å²) >= 11 is 5.84. The number of amides is 1. The predicted molar refractivity (Wildman–Crippen MR) is 128 cm³/mol. The molecule has 2 aromatic carbocycles. The van der Waals surface area contributed by atoms with Crippen molar-refractivity contribution in [2.24, 2.45) is 0 Å². The number of alkyl halides is 4. The van der Waals surface area contributed by atoms with E-state index < -0.39 is 42.5 Å². The van der Waals surface area contributed by atoms with E-state index in [4.69, 9.17) is 16.3 Å². The second kappa shape index (κ2) is 10.4. The zero-order valence-electron chi connectivity index (χ0n) is 19.7. The van der Waals surface area contributed by atoms with Crippen LogP contribution in [-0.2, 0) is 19.2 Å². The van der Waals surface area contributed by atoms with Gasteiger partial charge in [-0.2, -0.15) is 23.3 Å². The van der Waals surface area contributed by atoms with Gasteiger partial charge in [0, 0.05) is 28.6 Å². The van der Waals surface area contributed by atoms with E-state index in [0.717, 1.165) is 12.1 Å². The fraction of sp³-hybridized carbons (Fsp3) is 0.292. The van der Waals surface area contributed by atoms with Gasteiger partial charge in [0.25, 0.3) is 0 Å². The van der Waals surface area contributed by atoms with Gasteiger partial charge in [0.2, 0.25) is 12.3 Å². The number of halogens is 6. The number of aromatic nitrogens is 2. The minimum absolute atomic E-state index is 0.00497. The SMILES string of the molecule is O=C1C=C(c2n[nH]c3ccc(-c4ccc(Cl)cc4F)cc23)N(OC(=O)C(F)(F)F)C(OC2CNCCC2F)N1. The summed E-state index contributed by atoms with van der Waals surface area (Å²) < 4.78 is 74.2. The first kappa shape index (κ1) is 26.8. The second-order valence-electron chi connectivity index (χ2n) is 8.73. The number of fused-ring (bicyclic) bond motifs is 1. The highest BCUT2D eigenvalue weighted by molar-refractivity contribution is 6.30. The van der Waals surface area contributed by atoms with Crippen LogP contribution in [0.3, 0.4) is 0 Å². The molecule has 2 aliphatic rings. The minimum atomic E-state index is -5.40. The van der Waals surface area contributed by atoms with Crippen LogP contribution in [0.2, 0.25) is 5.02 Å². The largest absolute Gasteiger partial charge is 0.493 e. The van der Waals surface area contributed by atoms with Gasteiger partial charge in [0.1, 0.15) is 29.5 Å². The van der Waals surface area contributed by atoms with Crippen LogP contribution in [0.15, 0.2) is 42.5 Å². The van der Waals surface area contributed by atoms with Crippen LogP contribution >= 0.6 is 11.6 Å². The Balaban J connectivity index is 1.57. The lowest BCUT2D eigenvalue weighted by Crippen LogP contribution is -2.57. The molecule has 1 amide bonds. The molecule has 0 radical (unpaired) electrons. The lowest BCUT2D eigenvalue weighted by molar-refractivity contribution is -0.266. The number of carbonyl (C=O) groups is 2. The van der Waals surface area contributed by atoms with Crippen molar-refractivity contribution >= 4 is 40.1 Å². The summed E-state index contributed by atoms with van der Waals surface area (Å²) in [7, 11) is 0. The number of hydrogen-bond donors (Lipinski definition) is 3. The van der Waals surface area contributed by atoms with Crippen molar-refractivity contribution in [1.29, 1.82) is 0 Å². The maximum Gasteiger partial charge on any atom is 0.493 e. The van der Waals surface area contributed by atoms with E-state index in [1.54, 1.807) is 12.1 Å². The van der Waals surface area contributed by atoms with Crippen LogP contribution in [0.1, 0.15) is 12.1 Å². The van der Waals surface area contributed by atoms with E-state index in [-0.39, 0.29) is 40.3 Å². The molecular weight excluding hydrogens is 553 g/mol. The average molecular weight is 572 g/mol. The zero-order chi connectivity index (χ0) is 27.9. The first-order chi connectivity index (χ1) is 18.5.